The minimum absolute atomic E-state index is 0. The number of aromatic nitrogens is 4. The van der Waals surface area contributed by atoms with Crippen molar-refractivity contribution in [3.8, 4) is 0 Å². The summed E-state index contributed by atoms with van der Waals surface area (Å²) < 4.78 is 4.68. The molecule has 2 aromatic rings. The van der Waals surface area contributed by atoms with Crippen LogP contribution in [0.4, 0.5) is 0 Å². The predicted molar refractivity (Wildman–Crippen MR) is 99.3 cm³/mol. The monoisotopic (exact) mass is 355 g/mol. The van der Waals surface area contributed by atoms with Crippen LogP contribution in [0.15, 0.2) is 24.8 Å². The molecule has 5 nitrogen and oxygen atoms in total. The highest BCUT2D eigenvalue weighted by molar-refractivity contribution is 5.85. The third-order valence-corrected chi connectivity index (χ3v) is 4.28. The van der Waals surface area contributed by atoms with Crippen LogP contribution < -0.4 is 14.5 Å². The zero-order valence-corrected chi connectivity index (χ0v) is 16.0. The van der Waals surface area contributed by atoms with Gasteiger partial charge in [-0.3, -0.25) is 0 Å². The van der Waals surface area contributed by atoms with E-state index in [1.54, 1.807) is 0 Å². The molecule has 24 heavy (non-hydrogen) atoms. The Morgan fingerprint density at radius 1 is 0.833 bits per heavy atom. The second-order valence-corrected chi connectivity index (χ2v) is 6.16. The first-order chi connectivity index (χ1) is 11.3. The van der Waals surface area contributed by atoms with Crippen molar-refractivity contribution in [3.05, 3.63) is 36.4 Å². The van der Waals surface area contributed by atoms with Gasteiger partial charge >= 0.3 is 0 Å². The molecule has 0 fully saturated rings. The molecule has 0 saturated heterocycles. The van der Waals surface area contributed by atoms with Gasteiger partial charge in [-0.1, -0.05) is 26.7 Å². The fourth-order valence-electron chi connectivity index (χ4n) is 2.84. The Balaban J connectivity index is 0.00000288. The Bertz CT molecular complexity index is 501. The third kappa shape index (κ3) is 6.65. The molecular weight excluding hydrogens is 322 g/mol. The van der Waals surface area contributed by atoms with Crippen LogP contribution >= 0.6 is 12.4 Å². The van der Waals surface area contributed by atoms with Crippen molar-refractivity contribution in [1.29, 1.82) is 0 Å². The van der Waals surface area contributed by atoms with Crippen LogP contribution in [0.25, 0.3) is 0 Å². The van der Waals surface area contributed by atoms with Crippen molar-refractivity contribution in [2.24, 2.45) is 0 Å². The highest BCUT2D eigenvalue weighted by Gasteiger charge is 2.11. The van der Waals surface area contributed by atoms with Crippen molar-refractivity contribution in [2.45, 2.75) is 65.5 Å². The molecule has 2 aromatic heterocycles. The van der Waals surface area contributed by atoms with Crippen LogP contribution in [-0.2, 0) is 25.9 Å². The topological polar surface area (TPSA) is 51.4 Å². The second-order valence-electron chi connectivity index (χ2n) is 6.16. The van der Waals surface area contributed by atoms with Crippen LogP contribution in [0.1, 0.15) is 51.2 Å². The van der Waals surface area contributed by atoms with E-state index in [2.05, 4.69) is 50.7 Å². The average Bonchev–Trinajstić information content (AvgIpc) is 3.19. The van der Waals surface area contributed by atoms with Crippen LogP contribution in [0.3, 0.4) is 0 Å². The Hall–Kier alpha value is -1.33. The Kier molecular flexibility index (Phi) is 10.4. The lowest BCUT2D eigenvalue weighted by atomic mass is 10.3. The average molecular weight is 356 g/mol. The van der Waals surface area contributed by atoms with Gasteiger partial charge in [-0.05, 0) is 12.8 Å². The Labute approximate surface area is 152 Å². The van der Waals surface area contributed by atoms with E-state index in [0.29, 0.717) is 0 Å². The van der Waals surface area contributed by atoms with E-state index < -0.39 is 0 Å². The highest BCUT2D eigenvalue weighted by atomic mass is 35.5. The number of nitrogens with one attached hydrogen (secondary N) is 3. The maximum atomic E-state index is 3.56. The van der Waals surface area contributed by atoms with E-state index >= 15 is 0 Å². The maximum Gasteiger partial charge on any atom is 0.255 e. The number of imidazole rings is 2. The standard InChI is InChI=1S/C18H31N5.ClH/c1-3-5-13-22-15-11-20-17(22)7-9-19-10-8-18-21-12-16-23(18)14-6-4-2;/h11-12,15-16,19H,3-10,13-14H2,1-2H3;1H/p+2. The van der Waals surface area contributed by atoms with E-state index in [4.69, 9.17) is 0 Å². The van der Waals surface area contributed by atoms with Crippen molar-refractivity contribution in [2.75, 3.05) is 13.1 Å². The maximum absolute atomic E-state index is 3.56. The van der Waals surface area contributed by atoms with Crippen LogP contribution in [0.5, 0.6) is 0 Å². The number of rotatable bonds is 12. The Morgan fingerprint density at radius 3 is 1.71 bits per heavy atom. The molecule has 0 aliphatic heterocycles. The molecule has 0 saturated carbocycles. The van der Waals surface area contributed by atoms with Gasteiger partial charge < -0.3 is 5.32 Å². The van der Waals surface area contributed by atoms with Gasteiger partial charge in [0, 0.05) is 13.1 Å². The first kappa shape index (κ1) is 20.7. The number of H-pyrrole nitrogens is 2. The lowest BCUT2D eigenvalue weighted by Crippen LogP contribution is -2.39. The number of hydrogen-bond donors (Lipinski definition) is 3. The summed E-state index contributed by atoms with van der Waals surface area (Å²) in [6, 6.07) is 0. The van der Waals surface area contributed by atoms with E-state index in [1.165, 1.54) is 37.3 Å². The summed E-state index contributed by atoms with van der Waals surface area (Å²) in [6.45, 7) is 8.75. The SMILES string of the molecule is CCCC[n+]1cc[nH]c1CCNCCc1[nH]cc[n+]1CCCC.Cl. The largest absolute Gasteiger partial charge is 0.315 e. The summed E-state index contributed by atoms with van der Waals surface area (Å²) in [7, 11) is 0. The third-order valence-electron chi connectivity index (χ3n) is 4.28. The number of aromatic amines is 2. The molecule has 0 amide bonds. The minimum Gasteiger partial charge on any atom is -0.315 e. The van der Waals surface area contributed by atoms with Crippen LogP contribution in [0.2, 0.25) is 0 Å². The van der Waals surface area contributed by atoms with Gasteiger partial charge in [-0.2, -0.15) is 0 Å². The van der Waals surface area contributed by atoms with Crippen molar-refractivity contribution < 1.29 is 9.13 Å². The van der Waals surface area contributed by atoms with E-state index in [0.717, 1.165) is 39.0 Å². The fraction of sp³-hybridized carbons (Fsp3) is 0.667. The van der Waals surface area contributed by atoms with Crippen LogP contribution in [0, 0.1) is 0 Å². The molecule has 136 valence electrons. The molecule has 0 spiro atoms. The summed E-state index contributed by atoms with van der Waals surface area (Å²) in [5.74, 6) is 2.65. The molecular formula is C18H34ClN5+2. The van der Waals surface area contributed by atoms with Gasteiger partial charge in [-0.15, -0.1) is 12.4 Å². The number of halogens is 1. The second kappa shape index (κ2) is 12.1. The predicted octanol–water partition coefficient (Wildman–Crippen LogP) is 2.31. The van der Waals surface area contributed by atoms with Crippen molar-refractivity contribution in [1.82, 2.24) is 15.3 Å². The van der Waals surface area contributed by atoms with Gasteiger partial charge in [0.1, 0.15) is 24.8 Å². The zero-order chi connectivity index (χ0) is 16.3. The van der Waals surface area contributed by atoms with E-state index in [-0.39, 0.29) is 12.4 Å². The highest BCUT2D eigenvalue weighted by Crippen LogP contribution is 1.94. The molecule has 2 rings (SSSR count). The lowest BCUT2D eigenvalue weighted by Gasteiger charge is -2.03. The van der Waals surface area contributed by atoms with Gasteiger partial charge in [-0.25, -0.2) is 19.1 Å². The minimum atomic E-state index is 0. The molecule has 0 atom stereocenters. The molecule has 2 heterocycles. The fourth-order valence-corrected chi connectivity index (χ4v) is 2.84. The number of nitrogens with zero attached hydrogens (tertiary/aromatic N) is 2. The normalized spacial score (nSPS) is 10.8. The summed E-state index contributed by atoms with van der Waals surface area (Å²) >= 11 is 0. The van der Waals surface area contributed by atoms with Gasteiger partial charge in [0.05, 0.1) is 25.9 Å². The number of aryl methyl sites for hydroxylation is 2. The molecule has 0 aliphatic rings. The van der Waals surface area contributed by atoms with Gasteiger partial charge in [0.2, 0.25) is 0 Å². The molecule has 0 radical (unpaired) electrons. The van der Waals surface area contributed by atoms with Crippen molar-refractivity contribution in [3.63, 3.8) is 0 Å². The molecule has 0 aliphatic carbocycles. The van der Waals surface area contributed by atoms with E-state index in [1.807, 2.05) is 12.4 Å². The summed E-state index contributed by atoms with van der Waals surface area (Å²) in [6.07, 6.45) is 15.5. The smallest absolute Gasteiger partial charge is 0.255 e. The first-order valence-electron chi connectivity index (χ1n) is 9.17. The number of unbranched alkanes of at least 4 members (excludes halogenated alkanes) is 2. The first-order valence-corrected chi connectivity index (χ1v) is 9.17. The van der Waals surface area contributed by atoms with Gasteiger partial charge in [0.25, 0.3) is 11.6 Å². The number of hydrogen-bond acceptors (Lipinski definition) is 1. The summed E-state index contributed by atoms with van der Waals surface area (Å²) in [5, 5.41) is 3.56. The molecule has 6 heteroatoms. The van der Waals surface area contributed by atoms with E-state index in [9.17, 15) is 0 Å². The quantitative estimate of drug-likeness (QED) is 0.397. The molecule has 3 N–H and O–H groups in total. The lowest BCUT2D eigenvalue weighted by molar-refractivity contribution is -0.703. The zero-order valence-electron chi connectivity index (χ0n) is 15.2. The van der Waals surface area contributed by atoms with Gasteiger partial charge in [0.15, 0.2) is 0 Å². The Morgan fingerprint density at radius 2 is 1.29 bits per heavy atom. The summed E-state index contributed by atoms with van der Waals surface area (Å²) in [5.41, 5.74) is 0. The molecule has 0 unspecified atom stereocenters. The van der Waals surface area contributed by atoms with Crippen molar-refractivity contribution >= 4 is 12.4 Å². The molecule has 0 bridgehead atoms. The van der Waals surface area contributed by atoms with Crippen LogP contribution in [-0.4, -0.2) is 23.1 Å². The summed E-state index contributed by atoms with van der Waals surface area (Å²) in [4.78, 5) is 6.73. The molecule has 0 aromatic carbocycles.